The summed E-state index contributed by atoms with van der Waals surface area (Å²) in [6.07, 6.45) is 0. The largest absolute Gasteiger partial charge is 0.419 e. The molecule has 0 radical (unpaired) electrons. The minimum Gasteiger partial charge on any atom is -0.405 e. The van der Waals surface area contributed by atoms with E-state index in [1.807, 2.05) is 45.0 Å². The van der Waals surface area contributed by atoms with Gasteiger partial charge in [0.1, 0.15) is 0 Å². The SMILES string of the molecule is [2H]c1cc(C)c2c(oc(=O)n2C)c1N1CCN(C(C)c2c([2H])c([2H])c([2H])c(-c3ccccc3C)c2[2H])C(C)C1(C)C. The third kappa shape index (κ3) is 3.86. The van der Waals surface area contributed by atoms with Crippen molar-refractivity contribution in [3.63, 3.8) is 0 Å². The molecule has 1 aromatic heterocycles. The van der Waals surface area contributed by atoms with Crippen LogP contribution in [0.25, 0.3) is 22.2 Å². The van der Waals surface area contributed by atoms with Crippen molar-refractivity contribution in [2.45, 2.75) is 59.2 Å². The molecule has 0 aliphatic carbocycles. The highest BCUT2D eigenvalue weighted by atomic mass is 16.4. The summed E-state index contributed by atoms with van der Waals surface area (Å²) in [5, 5.41) is 0. The summed E-state index contributed by atoms with van der Waals surface area (Å²) >= 11 is 0. The summed E-state index contributed by atoms with van der Waals surface area (Å²) in [5.41, 5.74) is 4.43. The maximum absolute atomic E-state index is 12.5. The van der Waals surface area contributed by atoms with E-state index in [0.717, 1.165) is 16.7 Å². The molecule has 5 nitrogen and oxygen atoms in total. The lowest BCUT2D eigenvalue weighted by molar-refractivity contribution is 0.0747. The molecule has 1 fully saturated rings. The van der Waals surface area contributed by atoms with Crippen LogP contribution < -0.4 is 10.7 Å². The zero-order chi connectivity index (χ0) is 30.1. The Morgan fingerprint density at radius 3 is 2.58 bits per heavy atom. The van der Waals surface area contributed by atoms with Crippen molar-refractivity contribution >= 4 is 16.8 Å². The van der Waals surface area contributed by atoms with Crippen molar-refractivity contribution in [2.75, 3.05) is 18.0 Å². The van der Waals surface area contributed by atoms with Crippen LogP contribution in [0, 0.1) is 13.8 Å². The van der Waals surface area contributed by atoms with E-state index in [1.165, 1.54) is 4.57 Å². The second-order valence-electron chi connectivity index (χ2n) is 10.4. The topological polar surface area (TPSA) is 41.6 Å². The Bertz CT molecular complexity index is 1740. The molecule has 3 aromatic carbocycles. The third-order valence-electron chi connectivity index (χ3n) is 8.07. The van der Waals surface area contributed by atoms with Crippen LogP contribution in [0.2, 0.25) is 0 Å². The summed E-state index contributed by atoms with van der Waals surface area (Å²) in [4.78, 5) is 16.8. The van der Waals surface area contributed by atoms with Crippen molar-refractivity contribution in [3.05, 3.63) is 87.8 Å². The Kier molecular flexibility index (Phi) is 4.71. The van der Waals surface area contributed by atoms with Crippen molar-refractivity contribution in [1.82, 2.24) is 9.47 Å². The summed E-state index contributed by atoms with van der Waals surface area (Å²) in [6, 6.07) is 8.90. The lowest BCUT2D eigenvalue weighted by Crippen LogP contribution is -2.65. The number of rotatable bonds is 4. The number of benzene rings is 3. The maximum atomic E-state index is 12.5. The number of hydrogen-bond acceptors (Lipinski definition) is 4. The number of anilines is 1. The Morgan fingerprint density at radius 2 is 1.83 bits per heavy atom. The molecule has 5 heteroatoms. The molecule has 0 bridgehead atoms. The van der Waals surface area contributed by atoms with Gasteiger partial charge in [-0.1, -0.05) is 48.5 Å². The fourth-order valence-corrected chi connectivity index (χ4v) is 5.54. The van der Waals surface area contributed by atoms with Gasteiger partial charge >= 0.3 is 5.76 Å². The van der Waals surface area contributed by atoms with Crippen LogP contribution in [0.1, 0.15) is 57.3 Å². The molecule has 0 N–H and O–H groups in total. The molecule has 1 aliphatic heterocycles. The first-order valence-electron chi connectivity index (χ1n) is 15.0. The van der Waals surface area contributed by atoms with Gasteiger partial charge in [0.05, 0.1) is 18.1 Å². The van der Waals surface area contributed by atoms with Gasteiger partial charge in [-0.25, -0.2) is 4.79 Å². The molecule has 1 aliphatic rings. The van der Waals surface area contributed by atoms with Crippen LogP contribution >= 0.6 is 0 Å². The van der Waals surface area contributed by atoms with Crippen molar-refractivity contribution in [2.24, 2.45) is 7.05 Å². The first kappa shape index (κ1) is 18.9. The quantitative estimate of drug-likeness (QED) is 0.330. The molecule has 0 saturated carbocycles. The molecule has 2 atom stereocenters. The van der Waals surface area contributed by atoms with E-state index in [1.54, 1.807) is 13.1 Å². The smallest absolute Gasteiger partial charge is 0.405 e. The molecule has 0 amide bonds. The molecular weight excluding hydrogens is 446 g/mol. The first-order valence-corrected chi connectivity index (χ1v) is 12.5. The monoisotopic (exact) mass is 488 g/mol. The van der Waals surface area contributed by atoms with Gasteiger partial charge in [0, 0.05) is 37.8 Å². The molecular formula is C31H37N3O2. The number of oxazole rings is 1. The lowest BCUT2D eigenvalue weighted by atomic mass is 9.86. The van der Waals surface area contributed by atoms with E-state index in [2.05, 4.69) is 30.6 Å². The Balaban J connectivity index is 1.59. The van der Waals surface area contributed by atoms with E-state index in [-0.39, 0.29) is 36.3 Å². The second-order valence-corrected chi connectivity index (χ2v) is 10.4. The lowest BCUT2D eigenvalue weighted by Gasteiger charge is -2.54. The minimum atomic E-state index is -0.526. The van der Waals surface area contributed by atoms with Crippen LogP contribution in [-0.2, 0) is 7.05 Å². The number of hydrogen-bond donors (Lipinski definition) is 0. The number of aromatic nitrogens is 1. The predicted molar refractivity (Wildman–Crippen MR) is 149 cm³/mol. The normalized spacial score (nSPS) is 21.0. The van der Waals surface area contributed by atoms with Gasteiger partial charge in [0.2, 0.25) is 0 Å². The van der Waals surface area contributed by atoms with E-state index in [9.17, 15) is 6.17 Å². The molecule has 188 valence electrons. The highest BCUT2D eigenvalue weighted by Crippen LogP contribution is 2.40. The number of piperazine rings is 1. The van der Waals surface area contributed by atoms with Gasteiger partial charge in [-0.2, -0.15) is 0 Å². The minimum absolute atomic E-state index is 0.0861. The highest BCUT2D eigenvalue weighted by Gasteiger charge is 2.43. The summed E-state index contributed by atoms with van der Waals surface area (Å²) in [5.74, 6) is -0.465. The van der Waals surface area contributed by atoms with Crippen LogP contribution in [0.4, 0.5) is 5.69 Å². The van der Waals surface area contributed by atoms with Crippen LogP contribution in [0.15, 0.2) is 69.8 Å². The highest BCUT2D eigenvalue weighted by molar-refractivity contribution is 5.90. The van der Waals surface area contributed by atoms with Crippen molar-refractivity contribution < 1.29 is 11.3 Å². The maximum Gasteiger partial charge on any atom is 0.419 e. The van der Waals surface area contributed by atoms with Crippen LogP contribution in [-0.4, -0.2) is 34.1 Å². The fourth-order valence-electron chi connectivity index (χ4n) is 5.54. The zero-order valence-corrected chi connectivity index (χ0v) is 22.1. The van der Waals surface area contributed by atoms with Crippen molar-refractivity contribution in [3.8, 4) is 11.1 Å². The van der Waals surface area contributed by atoms with Gasteiger partial charge < -0.3 is 9.32 Å². The number of fused-ring (bicyclic) bond motifs is 1. The number of aryl methyl sites for hydroxylation is 3. The van der Waals surface area contributed by atoms with E-state index in [0.29, 0.717) is 47.0 Å². The molecule has 0 spiro atoms. The average Bonchev–Trinajstić information content (AvgIpc) is 3.20. The van der Waals surface area contributed by atoms with Gasteiger partial charge in [0.15, 0.2) is 5.58 Å². The number of nitrogens with zero attached hydrogens (tertiary/aromatic N) is 3. The van der Waals surface area contributed by atoms with Gasteiger partial charge in [0.25, 0.3) is 0 Å². The Morgan fingerprint density at radius 1 is 1.08 bits per heavy atom. The predicted octanol–water partition coefficient (Wildman–Crippen LogP) is 6.47. The van der Waals surface area contributed by atoms with Crippen molar-refractivity contribution in [1.29, 1.82) is 0 Å². The van der Waals surface area contributed by atoms with Gasteiger partial charge in [-0.3, -0.25) is 9.47 Å². The van der Waals surface area contributed by atoms with E-state index < -0.39 is 11.3 Å². The molecule has 5 rings (SSSR count). The second kappa shape index (κ2) is 8.97. The molecule has 2 heterocycles. The van der Waals surface area contributed by atoms with Gasteiger partial charge in [-0.15, -0.1) is 0 Å². The van der Waals surface area contributed by atoms with Gasteiger partial charge in [-0.05, 0) is 81.4 Å². The summed E-state index contributed by atoms with van der Waals surface area (Å²) in [7, 11) is 1.67. The Labute approximate surface area is 221 Å². The molecule has 2 unspecified atom stereocenters. The van der Waals surface area contributed by atoms with E-state index >= 15 is 0 Å². The Hall–Kier alpha value is -3.31. The summed E-state index contributed by atoms with van der Waals surface area (Å²) in [6.45, 7) is 13.1. The van der Waals surface area contributed by atoms with Crippen LogP contribution in [0.3, 0.4) is 0 Å². The average molecular weight is 489 g/mol. The fraction of sp³-hybridized carbons (Fsp3) is 0.387. The first-order chi connectivity index (χ1) is 19.2. The molecule has 4 aromatic rings. The van der Waals surface area contributed by atoms with E-state index in [4.69, 9.17) is 9.90 Å². The molecule has 36 heavy (non-hydrogen) atoms. The standard InChI is InChI=1S/C31H37N3O2/c1-20-11-8-9-14-26(20)25-13-10-12-24(19-25)22(3)33-17-18-34(31(5,6)23(33)4)27-16-15-21(2)28-29(27)36-30(35)32(28)7/h8-16,19,22-23H,17-18H2,1-7H3/i10D,12D,13D,16D,19D. The third-order valence-corrected chi connectivity index (χ3v) is 8.07. The molecule has 1 saturated heterocycles. The summed E-state index contributed by atoms with van der Waals surface area (Å²) < 4.78 is 51.2. The zero-order valence-electron chi connectivity index (χ0n) is 27.1. The van der Waals surface area contributed by atoms with Crippen LogP contribution in [0.5, 0.6) is 0 Å².